The van der Waals surface area contributed by atoms with E-state index in [9.17, 15) is 28.1 Å². The lowest BCUT2D eigenvalue weighted by molar-refractivity contribution is -0.384. The maximum atomic E-state index is 13.2. The van der Waals surface area contributed by atoms with Gasteiger partial charge in [0.2, 0.25) is 9.84 Å². The van der Waals surface area contributed by atoms with E-state index in [4.69, 9.17) is 0 Å². The van der Waals surface area contributed by atoms with Crippen molar-refractivity contribution in [1.29, 1.82) is 0 Å². The number of fused-ring (bicyclic) bond motifs is 2. The normalized spacial score (nSPS) is 12.6. The van der Waals surface area contributed by atoms with E-state index in [2.05, 4.69) is 5.32 Å². The quantitative estimate of drug-likeness (QED) is 0.277. The molecule has 0 saturated carbocycles. The van der Waals surface area contributed by atoms with Crippen molar-refractivity contribution in [2.45, 2.75) is 9.79 Å². The van der Waals surface area contributed by atoms with Crippen LogP contribution in [0.15, 0.2) is 101 Å². The average Bonchev–Trinajstić information content (AvgIpc) is 2.87. The molecule has 0 fully saturated rings. The van der Waals surface area contributed by atoms with Gasteiger partial charge in [0.1, 0.15) is 5.69 Å². The average molecular weight is 484 g/mol. The molecule has 0 bridgehead atoms. The van der Waals surface area contributed by atoms with Crippen LogP contribution in [0.4, 0.5) is 17.1 Å². The maximum absolute atomic E-state index is 13.2. The summed E-state index contributed by atoms with van der Waals surface area (Å²) in [5.41, 5.74) is 0.527. The van der Waals surface area contributed by atoms with Crippen LogP contribution in [0.3, 0.4) is 0 Å². The molecule has 1 N–H and O–H groups in total. The third-order valence-corrected chi connectivity index (χ3v) is 7.52. The van der Waals surface area contributed by atoms with Crippen LogP contribution in [-0.2, 0) is 9.84 Å². The standard InChI is InChI=1S/C26H16N2O6S/c29-25-18-9-4-5-10-19(18)26(30)24-20(25)11-6-12-22(24)27-21-14-13-17(15-23(21)28(31)32)35(33,34)16-7-2-1-3-8-16/h1-15,27H. The first-order valence-corrected chi connectivity index (χ1v) is 11.9. The van der Waals surface area contributed by atoms with Crippen molar-refractivity contribution in [2.24, 2.45) is 0 Å². The summed E-state index contributed by atoms with van der Waals surface area (Å²) in [5.74, 6) is -0.707. The summed E-state index contributed by atoms with van der Waals surface area (Å²) in [6.07, 6.45) is 0. The van der Waals surface area contributed by atoms with E-state index in [0.717, 1.165) is 6.07 Å². The van der Waals surface area contributed by atoms with Gasteiger partial charge in [-0.3, -0.25) is 19.7 Å². The number of nitro groups is 1. The zero-order valence-corrected chi connectivity index (χ0v) is 18.8. The lowest BCUT2D eigenvalue weighted by Gasteiger charge is -2.20. The van der Waals surface area contributed by atoms with Gasteiger partial charge in [0.05, 0.1) is 26.0 Å². The smallest absolute Gasteiger partial charge is 0.293 e. The molecule has 8 nitrogen and oxygen atoms in total. The highest BCUT2D eigenvalue weighted by Gasteiger charge is 2.32. The van der Waals surface area contributed by atoms with Crippen molar-refractivity contribution in [2.75, 3.05) is 5.32 Å². The number of anilines is 2. The molecule has 0 amide bonds. The van der Waals surface area contributed by atoms with Crippen LogP contribution in [0.5, 0.6) is 0 Å². The summed E-state index contributed by atoms with van der Waals surface area (Å²) >= 11 is 0. The van der Waals surface area contributed by atoms with Gasteiger partial charge in [-0.05, 0) is 30.3 Å². The minimum absolute atomic E-state index is 0.00918. The number of hydrogen-bond donors (Lipinski definition) is 1. The van der Waals surface area contributed by atoms with Crippen molar-refractivity contribution in [3.05, 3.63) is 123 Å². The molecule has 0 aromatic heterocycles. The van der Waals surface area contributed by atoms with Crippen LogP contribution in [-0.4, -0.2) is 24.9 Å². The zero-order chi connectivity index (χ0) is 24.7. The van der Waals surface area contributed by atoms with E-state index in [0.29, 0.717) is 5.56 Å². The lowest BCUT2D eigenvalue weighted by Crippen LogP contribution is -2.22. The molecular formula is C26H16N2O6S. The van der Waals surface area contributed by atoms with Gasteiger partial charge in [-0.15, -0.1) is 0 Å². The molecular weight excluding hydrogens is 468 g/mol. The molecule has 0 aliphatic heterocycles. The molecule has 0 saturated heterocycles. The fourth-order valence-corrected chi connectivity index (χ4v) is 5.37. The maximum Gasteiger partial charge on any atom is 0.293 e. The summed E-state index contributed by atoms with van der Waals surface area (Å²) in [6, 6.07) is 22.2. The molecule has 0 radical (unpaired) electrons. The fraction of sp³-hybridized carbons (Fsp3) is 0. The molecule has 5 rings (SSSR count). The number of nitrogens with one attached hydrogen (secondary N) is 1. The second-order valence-corrected chi connectivity index (χ2v) is 9.76. The predicted molar refractivity (Wildman–Crippen MR) is 128 cm³/mol. The number of nitrogens with zero attached hydrogens (tertiary/aromatic N) is 1. The fourth-order valence-electron chi connectivity index (χ4n) is 4.07. The van der Waals surface area contributed by atoms with Crippen molar-refractivity contribution in [3.8, 4) is 0 Å². The van der Waals surface area contributed by atoms with Crippen LogP contribution in [0.1, 0.15) is 31.8 Å². The molecule has 35 heavy (non-hydrogen) atoms. The first-order chi connectivity index (χ1) is 16.8. The third kappa shape index (κ3) is 3.68. The first kappa shape index (κ1) is 22.2. The molecule has 0 unspecified atom stereocenters. The second-order valence-electron chi connectivity index (χ2n) is 7.81. The SMILES string of the molecule is O=C1c2ccccc2C(=O)c2c(Nc3ccc(S(=O)(=O)c4ccccc4)cc3[N+](=O)[O-])cccc21. The Morgan fingerprint density at radius 3 is 1.97 bits per heavy atom. The second kappa shape index (κ2) is 8.30. The van der Waals surface area contributed by atoms with E-state index in [1.807, 2.05) is 0 Å². The zero-order valence-electron chi connectivity index (χ0n) is 18.0. The Morgan fingerprint density at radius 2 is 1.29 bits per heavy atom. The van der Waals surface area contributed by atoms with Gasteiger partial charge < -0.3 is 5.32 Å². The summed E-state index contributed by atoms with van der Waals surface area (Å²) in [6.45, 7) is 0. The Bertz CT molecular complexity index is 1650. The number of benzene rings is 4. The molecule has 4 aromatic carbocycles. The van der Waals surface area contributed by atoms with Gasteiger partial charge in [0, 0.05) is 22.8 Å². The van der Waals surface area contributed by atoms with Crippen molar-refractivity contribution in [3.63, 3.8) is 0 Å². The highest BCUT2D eigenvalue weighted by molar-refractivity contribution is 7.91. The lowest BCUT2D eigenvalue weighted by atomic mass is 9.83. The highest BCUT2D eigenvalue weighted by Crippen LogP contribution is 2.37. The number of rotatable bonds is 5. The van der Waals surface area contributed by atoms with E-state index >= 15 is 0 Å². The molecule has 0 atom stereocenters. The summed E-state index contributed by atoms with van der Waals surface area (Å²) < 4.78 is 25.9. The molecule has 1 aliphatic carbocycles. The highest BCUT2D eigenvalue weighted by atomic mass is 32.2. The molecule has 4 aromatic rings. The van der Waals surface area contributed by atoms with Gasteiger partial charge in [-0.25, -0.2) is 8.42 Å². The summed E-state index contributed by atoms with van der Waals surface area (Å²) in [4.78, 5) is 37.1. The number of sulfone groups is 1. The Labute approximate surface area is 199 Å². The van der Waals surface area contributed by atoms with Crippen LogP contribution >= 0.6 is 0 Å². The molecule has 1 aliphatic rings. The Morgan fingerprint density at radius 1 is 0.657 bits per heavy atom. The van der Waals surface area contributed by atoms with Crippen LogP contribution < -0.4 is 5.32 Å². The molecule has 0 spiro atoms. The van der Waals surface area contributed by atoms with Gasteiger partial charge in [0.15, 0.2) is 11.6 Å². The summed E-state index contributed by atoms with van der Waals surface area (Å²) in [7, 11) is -3.98. The van der Waals surface area contributed by atoms with Gasteiger partial charge in [0.25, 0.3) is 5.69 Å². The van der Waals surface area contributed by atoms with Gasteiger partial charge in [-0.2, -0.15) is 0 Å². The van der Waals surface area contributed by atoms with E-state index in [1.54, 1.807) is 48.5 Å². The monoisotopic (exact) mass is 484 g/mol. The number of carbonyl (C=O) groups is 2. The number of carbonyl (C=O) groups excluding carboxylic acids is 2. The van der Waals surface area contributed by atoms with Crippen LogP contribution in [0.25, 0.3) is 0 Å². The van der Waals surface area contributed by atoms with Gasteiger partial charge >= 0.3 is 0 Å². The van der Waals surface area contributed by atoms with Crippen LogP contribution in [0.2, 0.25) is 0 Å². The first-order valence-electron chi connectivity index (χ1n) is 10.5. The number of nitro benzene ring substituents is 1. The summed E-state index contributed by atoms with van der Waals surface area (Å²) in [5, 5.41) is 14.7. The van der Waals surface area contributed by atoms with E-state index < -0.39 is 20.4 Å². The minimum atomic E-state index is -3.98. The van der Waals surface area contributed by atoms with Crippen molar-refractivity contribution in [1.82, 2.24) is 0 Å². The molecule has 172 valence electrons. The Balaban J connectivity index is 1.59. The number of ketones is 2. The minimum Gasteiger partial charge on any atom is -0.349 e. The topological polar surface area (TPSA) is 123 Å². The van der Waals surface area contributed by atoms with E-state index in [-0.39, 0.29) is 49.4 Å². The number of hydrogen-bond acceptors (Lipinski definition) is 7. The van der Waals surface area contributed by atoms with Crippen molar-refractivity contribution >= 4 is 38.5 Å². The third-order valence-electron chi connectivity index (χ3n) is 5.75. The molecule has 9 heteroatoms. The molecule has 0 heterocycles. The largest absolute Gasteiger partial charge is 0.349 e. The van der Waals surface area contributed by atoms with Gasteiger partial charge in [-0.1, -0.05) is 54.6 Å². The van der Waals surface area contributed by atoms with Crippen LogP contribution in [0, 0.1) is 10.1 Å². The van der Waals surface area contributed by atoms with E-state index in [1.165, 1.54) is 36.4 Å². The van der Waals surface area contributed by atoms with Crippen molar-refractivity contribution < 1.29 is 22.9 Å². The predicted octanol–water partition coefficient (Wildman–Crippen LogP) is 4.95. The Kier molecular flexibility index (Phi) is 5.26. The Hall–Kier alpha value is -4.63.